The molecule has 1 aliphatic carbocycles. The number of rotatable bonds is 9. The van der Waals surface area contributed by atoms with Crippen molar-refractivity contribution in [1.82, 2.24) is 4.31 Å². The molecule has 0 radical (unpaired) electrons. The number of nitrogens with zero attached hydrogens (tertiary/aromatic N) is 1. The zero-order chi connectivity index (χ0) is 23.5. The lowest BCUT2D eigenvalue weighted by molar-refractivity contribution is -0.146. The molecule has 3 rings (SSSR count). The first-order chi connectivity index (χ1) is 15.1. The summed E-state index contributed by atoms with van der Waals surface area (Å²) in [6.07, 6.45) is 1.46. The third-order valence-electron chi connectivity index (χ3n) is 5.34. The van der Waals surface area contributed by atoms with Crippen molar-refractivity contribution >= 4 is 39.2 Å². The summed E-state index contributed by atoms with van der Waals surface area (Å²) in [6.45, 7) is 1.71. The Morgan fingerprint density at radius 1 is 1.16 bits per heavy atom. The van der Waals surface area contributed by atoms with Crippen molar-refractivity contribution in [3.8, 4) is 5.75 Å². The first-order valence-electron chi connectivity index (χ1n) is 10.0. The summed E-state index contributed by atoms with van der Waals surface area (Å²) in [4.78, 5) is 24.6. The second-order valence-electron chi connectivity index (χ2n) is 7.49. The lowest BCUT2D eigenvalue weighted by Crippen LogP contribution is -2.35. The molecule has 1 fully saturated rings. The van der Waals surface area contributed by atoms with E-state index in [2.05, 4.69) is 5.32 Å². The average molecular weight is 481 g/mol. The molecule has 1 saturated carbocycles. The number of esters is 1. The van der Waals surface area contributed by atoms with E-state index >= 15 is 0 Å². The van der Waals surface area contributed by atoms with Crippen molar-refractivity contribution in [1.29, 1.82) is 0 Å². The second-order valence-corrected chi connectivity index (χ2v) is 9.94. The first kappa shape index (κ1) is 24.0. The molecule has 8 nitrogen and oxygen atoms in total. The Bertz CT molecular complexity index is 1110. The molecular formula is C22H25ClN2O6S. The normalized spacial score (nSPS) is 14.7. The van der Waals surface area contributed by atoms with Crippen LogP contribution in [0.4, 0.5) is 5.69 Å². The number of hydrogen-bond donors (Lipinski definition) is 1. The van der Waals surface area contributed by atoms with Gasteiger partial charge in [0.15, 0.2) is 0 Å². The SMILES string of the molecule is CCOC(=O)C1(c2ccc(NC(=O)CN(C)S(=O)(=O)c3ccc(OC)c(Cl)c3)cc2)CC1. The van der Waals surface area contributed by atoms with Crippen LogP contribution in [0.1, 0.15) is 25.3 Å². The Kier molecular flexibility index (Phi) is 7.12. The quantitative estimate of drug-likeness (QED) is 0.553. The molecule has 0 atom stereocenters. The molecule has 1 N–H and O–H groups in total. The predicted molar refractivity (Wildman–Crippen MR) is 120 cm³/mol. The predicted octanol–water partition coefficient (Wildman–Crippen LogP) is 3.20. The number of nitrogens with one attached hydrogen (secondary N) is 1. The molecule has 0 unspecified atom stereocenters. The van der Waals surface area contributed by atoms with E-state index < -0.39 is 21.3 Å². The third-order valence-corrected chi connectivity index (χ3v) is 7.43. The van der Waals surface area contributed by atoms with Gasteiger partial charge in [-0.15, -0.1) is 0 Å². The molecule has 32 heavy (non-hydrogen) atoms. The number of methoxy groups -OCH3 is 1. The van der Waals surface area contributed by atoms with Crippen LogP contribution in [0.25, 0.3) is 0 Å². The number of carbonyl (C=O) groups is 2. The topological polar surface area (TPSA) is 102 Å². The lowest BCUT2D eigenvalue weighted by Gasteiger charge is -2.18. The highest BCUT2D eigenvalue weighted by Gasteiger charge is 2.52. The molecule has 0 heterocycles. The Hall–Kier alpha value is -2.62. The van der Waals surface area contributed by atoms with Gasteiger partial charge in [0.05, 0.1) is 35.6 Å². The zero-order valence-corrected chi connectivity index (χ0v) is 19.6. The lowest BCUT2D eigenvalue weighted by atomic mass is 9.96. The highest BCUT2D eigenvalue weighted by molar-refractivity contribution is 7.89. The van der Waals surface area contributed by atoms with Gasteiger partial charge in [0.1, 0.15) is 5.75 Å². The van der Waals surface area contributed by atoms with Crippen molar-refractivity contribution in [3.05, 3.63) is 53.1 Å². The van der Waals surface area contributed by atoms with E-state index in [9.17, 15) is 18.0 Å². The molecule has 172 valence electrons. The van der Waals surface area contributed by atoms with Crippen LogP contribution in [0.2, 0.25) is 5.02 Å². The highest BCUT2D eigenvalue weighted by Crippen LogP contribution is 2.49. The maximum atomic E-state index is 12.8. The largest absolute Gasteiger partial charge is 0.495 e. The number of benzene rings is 2. The van der Waals surface area contributed by atoms with E-state index in [1.54, 1.807) is 31.2 Å². The number of amides is 1. The minimum atomic E-state index is -3.93. The molecule has 0 spiro atoms. The number of likely N-dealkylation sites (N-methyl/N-ethyl adjacent to an activating group) is 1. The van der Waals surface area contributed by atoms with Gasteiger partial charge in [0.25, 0.3) is 0 Å². The molecule has 0 bridgehead atoms. The monoisotopic (exact) mass is 480 g/mol. The van der Waals surface area contributed by atoms with Gasteiger partial charge in [-0.25, -0.2) is 8.42 Å². The molecule has 10 heteroatoms. The molecule has 2 aromatic carbocycles. The Morgan fingerprint density at radius 3 is 2.34 bits per heavy atom. The Labute approximate surface area is 192 Å². The van der Waals surface area contributed by atoms with E-state index in [0.717, 1.165) is 22.7 Å². The molecule has 0 aliphatic heterocycles. The van der Waals surface area contributed by atoms with Crippen molar-refractivity contribution in [3.63, 3.8) is 0 Å². The van der Waals surface area contributed by atoms with Crippen molar-refractivity contribution in [2.45, 2.75) is 30.1 Å². The van der Waals surface area contributed by atoms with Gasteiger partial charge in [-0.05, 0) is 55.7 Å². The minimum absolute atomic E-state index is 0.0448. The van der Waals surface area contributed by atoms with Crippen LogP contribution in [0.5, 0.6) is 5.75 Å². The minimum Gasteiger partial charge on any atom is -0.495 e. The van der Waals surface area contributed by atoms with E-state index in [0.29, 0.717) is 18.0 Å². The van der Waals surface area contributed by atoms with Gasteiger partial charge in [-0.1, -0.05) is 23.7 Å². The molecule has 2 aromatic rings. The van der Waals surface area contributed by atoms with Crippen LogP contribution < -0.4 is 10.1 Å². The molecule has 0 aromatic heterocycles. The van der Waals surface area contributed by atoms with Crippen LogP contribution in [0, 0.1) is 0 Å². The third kappa shape index (κ3) is 4.90. The number of ether oxygens (including phenoxy) is 2. The number of sulfonamides is 1. The maximum absolute atomic E-state index is 12.8. The van der Waals surface area contributed by atoms with Gasteiger partial charge in [0, 0.05) is 12.7 Å². The fourth-order valence-electron chi connectivity index (χ4n) is 3.35. The summed E-state index contributed by atoms with van der Waals surface area (Å²) in [7, 11) is -1.18. The summed E-state index contributed by atoms with van der Waals surface area (Å²) < 4.78 is 36.6. The zero-order valence-electron chi connectivity index (χ0n) is 18.1. The van der Waals surface area contributed by atoms with E-state index in [1.807, 2.05) is 0 Å². The van der Waals surface area contributed by atoms with Crippen molar-refractivity contribution in [2.75, 3.05) is 32.6 Å². The van der Waals surface area contributed by atoms with Gasteiger partial charge in [0.2, 0.25) is 15.9 Å². The first-order valence-corrected chi connectivity index (χ1v) is 11.8. The van der Waals surface area contributed by atoms with Crippen LogP contribution >= 0.6 is 11.6 Å². The molecule has 0 saturated heterocycles. The van der Waals surface area contributed by atoms with Crippen LogP contribution in [0.3, 0.4) is 0 Å². The molecular weight excluding hydrogens is 456 g/mol. The molecule has 1 amide bonds. The number of halogens is 1. The number of hydrogen-bond acceptors (Lipinski definition) is 6. The van der Waals surface area contributed by atoms with Gasteiger partial charge >= 0.3 is 5.97 Å². The fourth-order valence-corrected chi connectivity index (χ4v) is 4.83. The van der Waals surface area contributed by atoms with E-state index in [4.69, 9.17) is 21.1 Å². The number of carbonyl (C=O) groups excluding carboxylic acids is 2. The van der Waals surface area contributed by atoms with E-state index in [1.165, 1.54) is 32.4 Å². The van der Waals surface area contributed by atoms with Gasteiger partial charge < -0.3 is 14.8 Å². The van der Waals surface area contributed by atoms with Crippen LogP contribution in [0.15, 0.2) is 47.4 Å². The highest BCUT2D eigenvalue weighted by atomic mass is 35.5. The summed E-state index contributed by atoms with van der Waals surface area (Å²) in [6, 6.07) is 11.0. The standard InChI is InChI=1S/C22H25ClN2O6S/c1-4-31-21(27)22(11-12-22)15-5-7-16(8-6-15)24-20(26)14-25(2)32(28,29)17-9-10-19(30-3)18(23)13-17/h5-10,13H,4,11-12,14H2,1-3H3,(H,24,26). The average Bonchev–Trinajstić information content (AvgIpc) is 3.56. The summed E-state index contributed by atoms with van der Waals surface area (Å²) in [5, 5.41) is 2.83. The van der Waals surface area contributed by atoms with Crippen molar-refractivity contribution in [2.24, 2.45) is 0 Å². The summed E-state index contributed by atoms with van der Waals surface area (Å²) in [5.74, 6) is -0.386. The smallest absolute Gasteiger partial charge is 0.316 e. The summed E-state index contributed by atoms with van der Waals surface area (Å²) in [5.41, 5.74) is 0.744. The van der Waals surface area contributed by atoms with Crippen molar-refractivity contribution < 1.29 is 27.5 Å². The Morgan fingerprint density at radius 2 is 1.81 bits per heavy atom. The van der Waals surface area contributed by atoms with Gasteiger partial charge in [-0.3, -0.25) is 9.59 Å². The second kappa shape index (κ2) is 9.48. The maximum Gasteiger partial charge on any atom is 0.316 e. The van der Waals surface area contributed by atoms with Crippen LogP contribution in [-0.2, 0) is 29.8 Å². The number of anilines is 1. The fraction of sp³-hybridized carbons (Fsp3) is 0.364. The molecule has 1 aliphatic rings. The van der Waals surface area contributed by atoms with E-state index in [-0.39, 0.29) is 22.4 Å². The Balaban J connectivity index is 1.64. The summed E-state index contributed by atoms with van der Waals surface area (Å²) >= 11 is 6.02. The van der Waals surface area contributed by atoms with Crippen LogP contribution in [-0.4, -0.2) is 51.9 Å². The van der Waals surface area contributed by atoms with Gasteiger partial charge in [-0.2, -0.15) is 4.31 Å².